The molecule has 1 heterocycles. The first-order chi connectivity index (χ1) is 7.56. The van der Waals surface area contributed by atoms with Gasteiger partial charge in [0.2, 0.25) is 5.91 Å². The third-order valence-corrected chi connectivity index (χ3v) is 2.41. The molecule has 0 spiro atoms. The molecule has 84 valence electrons. The summed E-state index contributed by atoms with van der Waals surface area (Å²) < 4.78 is 1.76. The van der Waals surface area contributed by atoms with Gasteiger partial charge in [-0.25, -0.2) is 0 Å². The number of anilines is 1. The van der Waals surface area contributed by atoms with Gasteiger partial charge in [0, 0.05) is 30.2 Å². The highest BCUT2D eigenvalue weighted by Crippen LogP contribution is 2.18. The zero-order valence-corrected chi connectivity index (χ0v) is 9.69. The van der Waals surface area contributed by atoms with E-state index in [1.165, 1.54) is 0 Å². The van der Waals surface area contributed by atoms with Crippen LogP contribution in [-0.4, -0.2) is 15.7 Å². The predicted octanol–water partition coefficient (Wildman–Crippen LogP) is 2.17. The van der Waals surface area contributed by atoms with Crippen LogP contribution < -0.4 is 5.32 Å². The Morgan fingerprint density at radius 2 is 2.19 bits per heavy atom. The minimum atomic E-state index is -0.00963. The fourth-order valence-corrected chi connectivity index (χ4v) is 1.51. The highest BCUT2D eigenvalue weighted by molar-refractivity contribution is 5.94. The summed E-state index contributed by atoms with van der Waals surface area (Å²) in [5, 5.41) is 8.17. The van der Waals surface area contributed by atoms with Crippen LogP contribution in [0.4, 0.5) is 5.69 Å². The van der Waals surface area contributed by atoms with Crippen LogP contribution in [0.15, 0.2) is 24.4 Å². The van der Waals surface area contributed by atoms with E-state index in [1.807, 2.05) is 45.3 Å². The number of fused-ring (bicyclic) bond motifs is 1. The van der Waals surface area contributed by atoms with Crippen LogP contribution >= 0.6 is 0 Å². The molecule has 2 aromatic rings. The molecule has 0 aliphatic rings. The van der Waals surface area contributed by atoms with Crippen LogP contribution in [0.25, 0.3) is 10.9 Å². The third-order valence-electron chi connectivity index (χ3n) is 2.41. The standard InChI is InChI=1S/C12H15N3O/c1-8(2)12(16)13-10-4-5-11-9(6-10)7-15(3)14-11/h4-8H,1-3H3,(H,13,16). The molecule has 0 aliphatic carbocycles. The number of carbonyl (C=O) groups is 1. The Bertz CT molecular complexity index is 528. The summed E-state index contributed by atoms with van der Waals surface area (Å²) >= 11 is 0. The smallest absolute Gasteiger partial charge is 0.226 e. The van der Waals surface area contributed by atoms with Gasteiger partial charge in [0.05, 0.1) is 5.52 Å². The highest BCUT2D eigenvalue weighted by atomic mass is 16.1. The molecule has 0 fully saturated rings. The molecule has 0 saturated heterocycles. The molecule has 0 atom stereocenters. The van der Waals surface area contributed by atoms with Crippen LogP contribution in [0.2, 0.25) is 0 Å². The second-order valence-corrected chi connectivity index (χ2v) is 4.22. The molecule has 1 aromatic heterocycles. The van der Waals surface area contributed by atoms with E-state index in [0.29, 0.717) is 0 Å². The van der Waals surface area contributed by atoms with Gasteiger partial charge in [-0.2, -0.15) is 5.10 Å². The summed E-state index contributed by atoms with van der Waals surface area (Å²) in [5.74, 6) is 0.0211. The molecule has 16 heavy (non-hydrogen) atoms. The minimum absolute atomic E-state index is 0.00963. The number of nitrogens with zero attached hydrogens (tertiary/aromatic N) is 2. The molecule has 0 bridgehead atoms. The summed E-state index contributed by atoms with van der Waals surface area (Å²) in [6.45, 7) is 3.75. The Kier molecular flexibility index (Phi) is 2.64. The van der Waals surface area contributed by atoms with Crippen molar-refractivity contribution in [3.05, 3.63) is 24.4 Å². The fourth-order valence-electron chi connectivity index (χ4n) is 1.51. The van der Waals surface area contributed by atoms with Gasteiger partial charge in [0.25, 0.3) is 0 Å². The van der Waals surface area contributed by atoms with Gasteiger partial charge in [-0.3, -0.25) is 9.48 Å². The van der Waals surface area contributed by atoms with Crippen LogP contribution in [0.3, 0.4) is 0 Å². The molecule has 4 heteroatoms. The summed E-state index contributed by atoms with van der Waals surface area (Å²) in [4.78, 5) is 11.5. The predicted molar refractivity (Wildman–Crippen MR) is 64.2 cm³/mol. The Morgan fingerprint density at radius 1 is 1.44 bits per heavy atom. The van der Waals surface area contributed by atoms with Crippen LogP contribution in [0.5, 0.6) is 0 Å². The average Bonchev–Trinajstić information content (AvgIpc) is 2.57. The van der Waals surface area contributed by atoms with Crippen molar-refractivity contribution in [3.8, 4) is 0 Å². The number of hydrogen-bond donors (Lipinski definition) is 1. The maximum atomic E-state index is 11.5. The lowest BCUT2D eigenvalue weighted by molar-refractivity contribution is -0.118. The van der Waals surface area contributed by atoms with E-state index in [9.17, 15) is 4.79 Å². The normalized spacial score (nSPS) is 11.0. The van der Waals surface area contributed by atoms with Crippen molar-refractivity contribution in [2.45, 2.75) is 13.8 Å². The molecule has 0 radical (unpaired) electrons. The number of amides is 1. The number of rotatable bonds is 2. The van der Waals surface area contributed by atoms with Gasteiger partial charge < -0.3 is 5.32 Å². The molecule has 2 rings (SSSR count). The molecule has 1 aromatic carbocycles. The topological polar surface area (TPSA) is 46.9 Å². The monoisotopic (exact) mass is 217 g/mol. The van der Waals surface area contributed by atoms with E-state index in [4.69, 9.17) is 0 Å². The second-order valence-electron chi connectivity index (χ2n) is 4.22. The van der Waals surface area contributed by atoms with Gasteiger partial charge in [-0.1, -0.05) is 13.8 Å². The van der Waals surface area contributed by atoms with Crippen molar-refractivity contribution in [2.75, 3.05) is 5.32 Å². The molecule has 4 nitrogen and oxygen atoms in total. The minimum Gasteiger partial charge on any atom is -0.326 e. The molecule has 1 N–H and O–H groups in total. The van der Waals surface area contributed by atoms with Crippen molar-refractivity contribution in [1.29, 1.82) is 0 Å². The quantitative estimate of drug-likeness (QED) is 0.838. The molecular formula is C12H15N3O. The lowest BCUT2D eigenvalue weighted by atomic mass is 10.2. The molecule has 0 aliphatic heterocycles. The average molecular weight is 217 g/mol. The van der Waals surface area contributed by atoms with Gasteiger partial charge >= 0.3 is 0 Å². The third kappa shape index (κ3) is 2.05. The van der Waals surface area contributed by atoms with Crippen LogP contribution in [0, 0.1) is 5.92 Å². The Morgan fingerprint density at radius 3 is 2.88 bits per heavy atom. The lowest BCUT2D eigenvalue weighted by Crippen LogP contribution is -2.17. The number of carbonyl (C=O) groups excluding carboxylic acids is 1. The molecule has 0 unspecified atom stereocenters. The molecular weight excluding hydrogens is 202 g/mol. The first-order valence-electron chi connectivity index (χ1n) is 5.30. The maximum absolute atomic E-state index is 11.5. The summed E-state index contributed by atoms with van der Waals surface area (Å²) in [5.41, 5.74) is 1.75. The summed E-state index contributed by atoms with van der Waals surface area (Å²) in [7, 11) is 1.88. The largest absolute Gasteiger partial charge is 0.326 e. The van der Waals surface area contributed by atoms with E-state index in [1.54, 1.807) is 4.68 Å². The van der Waals surface area contributed by atoms with Gasteiger partial charge in [0.15, 0.2) is 0 Å². The van der Waals surface area contributed by atoms with Gasteiger partial charge in [-0.15, -0.1) is 0 Å². The highest BCUT2D eigenvalue weighted by Gasteiger charge is 2.07. The first-order valence-corrected chi connectivity index (χ1v) is 5.30. The zero-order valence-electron chi connectivity index (χ0n) is 9.69. The van der Waals surface area contributed by atoms with Crippen molar-refractivity contribution in [1.82, 2.24) is 9.78 Å². The van der Waals surface area contributed by atoms with Crippen LogP contribution in [-0.2, 0) is 11.8 Å². The van der Waals surface area contributed by atoms with Crippen molar-refractivity contribution < 1.29 is 4.79 Å². The van der Waals surface area contributed by atoms with E-state index in [-0.39, 0.29) is 11.8 Å². The maximum Gasteiger partial charge on any atom is 0.226 e. The number of aryl methyl sites for hydroxylation is 1. The van der Waals surface area contributed by atoms with Gasteiger partial charge in [0.1, 0.15) is 0 Å². The van der Waals surface area contributed by atoms with E-state index < -0.39 is 0 Å². The van der Waals surface area contributed by atoms with Gasteiger partial charge in [-0.05, 0) is 18.2 Å². The summed E-state index contributed by atoms with van der Waals surface area (Å²) in [6, 6.07) is 5.71. The SMILES string of the molecule is CC(C)C(=O)Nc1ccc2nn(C)cc2c1. The zero-order chi connectivity index (χ0) is 11.7. The number of benzene rings is 1. The van der Waals surface area contributed by atoms with E-state index in [2.05, 4.69) is 10.4 Å². The molecule has 1 amide bonds. The van der Waals surface area contributed by atoms with Crippen LogP contribution in [0.1, 0.15) is 13.8 Å². The number of aromatic nitrogens is 2. The Hall–Kier alpha value is -1.84. The second kappa shape index (κ2) is 3.96. The van der Waals surface area contributed by atoms with E-state index in [0.717, 1.165) is 16.6 Å². The van der Waals surface area contributed by atoms with Crippen molar-refractivity contribution in [2.24, 2.45) is 13.0 Å². The Balaban J connectivity index is 2.29. The summed E-state index contributed by atoms with van der Waals surface area (Å²) in [6.07, 6.45) is 1.93. The van der Waals surface area contributed by atoms with E-state index >= 15 is 0 Å². The Labute approximate surface area is 94.3 Å². The first kappa shape index (κ1) is 10.7. The molecule has 0 saturated carbocycles. The number of hydrogen-bond acceptors (Lipinski definition) is 2. The fraction of sp³-hybridized carbons (Fsp3) is 0.333. The van der Waals surface area contributed by atoms with Crippen molar-refractivity contribution in [3.63, 3.8) is 0 Å². The lowest BCUT2D eigenvalue weighted by Gasteiger charge is -2.07. The number of nitrogens with one attached hydrogen (secondary N) is 1. The van der Waals surface area contributed by atoms with Crippen molar-refractivity contribution >= 4 is 22.5 Å².